The summed E-state index contributed by atoms with van der Waals surface area (Å²) in [5.74, 6) is -0.473. The predicted molar refractivity (Wildman–Crippen MR) is 105 cm³/mol. The third-order valence-corrected chi connectivity index (χ3v) is 4.91. The fourth-order valence-electron chi connectivity index (χ4n) is 3.38. The van der Waals surface area contributed by atoms with Crippen LogP contribution in [0.3, 0.4) is 0 Å². The first-order valence-electron chi connectivity index (χ1n) is 9.49. The molecule has 0 spiro atoms. The fourth-order valence-corrected chi connectivity index (χ4v) is 3.38. The zero-order chi connectivity index (χ0) is 19.9. The molecule has 0 aliphatic heterocycles. The molecule has 148 valence electrons. The molecule has 1 atom stereocenters. The predicted octanol–water partition coefficient (Wildman–Crippen LogP) is 3.44. The van der Waals surface area contributed by atoms with E-state index in [4.69, 9.17) is 9.47 Å². The van der Waals surface area contributed by atoms with Gasteiger partial charge < -0.3 is 19.9 Å². The van der Waals surface area contributed by atoms with E-state index in [0.717, 1.165) is 31.2 Å². The van der Waals surface area contributed by atoms with Gasteiger partial charge in [-0.25, -0.2) is 4.79 Å². The van der Waals surface area contributed by atoms with Gasteiger partial charge in [-0.3, -0.25) is 4.79 Å². The highest BCUT2D eigenvalue weighted by Crippen LogP contribution is 2.32. The second kappa shape index (κ2) is 9.26. The van der Waals surface area contributed by atoms with E-state index < -0.39 is 17.9 Å². The molecule has 1 amide bonds. The minimum atomic E-state index is -1.08. The van der Waals surface area contributed by atoms with Crippen molar-refractivity contribution >= 4 is 11.9 Å². The number of aliphatic carboxylic acids is 1. The lowest BCUT2D eigenvalue weighted by Crippen LogP contribution is -2.42. The molecule has 1 saturated carbocycles. The molecule has 0 bridgehead atoms. The van der Waals surface area contributed by atoms with Gasteiger partial charge in [-0.15, -0.1) is 0 Å². The Balaban J connectivity index is 1.70. The molecule has 6 nitrogen and oxygen atoms in total. The molecule has 6 heteroatoms. The van der Waals surface area contributed by atoms with Crippen LogP contribution in [0.25, 0.3) is 0 Å². The van der Waals surface area contributed by atoms with Crippen LogP contribution >= 0.6 is 0 Å². The first-order valence-corrected chi connectivity index (χ1v) is 9.49. The number of benzene rings is 2. The molecule has 3 rings (SSSR count). The number of hydrogen-bond donors (Lipinski definition) is 2. The van der Waals surface area contributed by atoms with Crippen molar-refractivity contribution in [1.29, 1.82) is 0 Å². The summed E-state index contributed by atoms with van der Waals surface area (Å²) in [5.41, 5.74) is 1.17. The van der Waals surface area contributed by atoms with Crippen LogP contribution in [0, 0.1) is 0 Å². The molecular formula is C22H25NO5. The molecule has 2 aromatic carbocycles. The Morgan fingerprint density at radius 1 is 1.11 bits per heavy atom. The fraction of sp³-hybridized carbons (Fsp3) is 0.364. The van der Waals surface area contributed by atoms with Crippen molar-refractivity contribution in [3.63, 3.8) is 0 Å². The van der Waals surface area contributed by atoms with Gasteiger partial charge in [0, 0.05) is 12.0 Å². The van der Waals surface area contributed by atoms with E-state index >= 15 is 0 Å². The van der Waals surface area contributed by atoms with Crippen LogP contribution < -0.4 is 14.8 Å². The number of carboxylic acids is 1. The number of carbonyl (C=O) groups excluding carboxylic acids is 1. The van der Waals surface area contributed by atoms with Gasteiger partial charge in [0.2, 0.25) is 0 Å². The number of ether oxygens (including phenoxy) is 2. The molecule has 0 saturated heterocycles. The van der Waals surface area contributed by atoms with Gasteiger partial charge in [0.05, 0.1) is 13.2 Å². The number of methoxy groups -OCH3 is 1. The Kier molecular flexibility index (Phi) is 6.53. The molecular weight excluding hydrogens is 358 g/mol. The molecule has 1 aliphatic rings. The Morgan fingerprint density at radius 2 is 1.82 bits per heavy atom. The number of carbonyl (C=O) groups is 2. The van der Waals surface area contributed by atoms with Gasteiger partial charge in [0.1, 0.15) is 6.04 Å². The smallest absolute Gasteiger partial charge is 0.326 e. The first-order chi connectivity index (χ1) is 13.6. The summed E-state index contributed by atoms with van der Waals surface area (Å²) < 4.78 is 11.4. The highest BCUT2D eigenvalue weighted by molar-refractivity contribution is 5.97. The van der Waals surface area contributed by atoms with Crippen molar-refractivity contribution in [3.05, 3.63) is 59.7 Å². The zero-order valence-electron chi connectivity index (χ0n) is 15.9. The highest BCUT2D eigenvalue weighted by atomic mass is 16.5. The van der Waals surface area contributed by atoms with Crippen molar-refractivity contribution in [1.82, 2.24) is 5.32 Å². The summed E-state index contributed by atoms with van der Waals surface area (Å²) in [5, 5.41) is 12.1. The van der Waals surface area contributed by atoms with Crippen molar-refractivity contribution < 1.29 is 24.2 Å². The third-order valence-electron chi connectivity index (χ3n) is 4.91. The second-order valence-electron chi connectivity index (χ2n) is 6.94. The van der Waals surface area contributed by atoms with E-state index in [0.29, 0.717) is 17.1 Å². The largest absolute Gasteiger partial charge is 0.493 e. The summed E-state index contributed by atoms with van der Waals surface area (Å²) in [6.45, 7) is 0. The Morgan fingerprint density at radius 3 is 2.46 bits per heavy atom. The Bertz CT molecular complexity index is 815. The Hall–Kier alpha value is -3.02. The second-order valence-corrected chi connectivity index (χ2v) is 6.94. The van der Waals surface area contributed by atoms with E-state index in [1.807, 2.05) is 30.3 Å². The minimum absolute atomic E-state index is 0.177. The maximum Gasteiger partial charge on any atom is 0.326 e. The van der Waals surface area contributed by atoms with Crippen molar-refractivity contribution in [2.75, 3.05) is 7.11 Å². The first kappa shape index (κ1) is 19.7. The zero-order valence-corrected chi connectivity index (χ0v) is 15.9. The number of amides is 1. The molecule has 1 aliphatic carbocycles. The van der Waals surface area contributed by atoms with Crippen LogP contribution in [0.5, 0.6) is 11.5 Å². The summed E-state index contributed by atoms with van der Waals surface area (Å²) in [6.07, 6.45) is 4.74. The van der Waals surface area contributed by atoms with Gasteiger partial charge in [-0.2, -0.15) is 0 Å². The topological polar surface area (TPSA) is 84.9 Å². The summed E-state index contributed by atoms with van der Waals surface area (Å²) in [6, 6.07) is 13.1. The van der Waals surface area contributed by atoms with Crippen molar-refractivity contribution in [3.8, 4) is 11.5 Å². The van der Waals surface area contributed by atoms with Crippen LogP contribution in [0.1, 0.15) is 41.6 Å². The minimum Gasteiger partial charge on any atom is -0.493 e. The van der Waals surface area contributed by atoms with Crippen molar-refractivity contribution in [2.45, 2.75) is 44.2 Å². The lowest BCUT2D eigenvalue weighted by atomic mass is 10.1. The number of hydrogen-bond acceptors (Lipinski definition) is 4. The molecule has 2 N–H and O–H groups in total. The van der Waals surface area contributed by atoms with E-state index in [1.54, 1.807) is 18.2 Å². The van der Waals surface area contributed by atoms with E-state index in [-0.39, 0.29) is 12.5 Å². The average molecular weight is 383 g/mol. The lowest BCUT2D eigenvalue weighted by Gasteiger charge is -2.18. The highest BCUT2D eigenvalue weighted by Gasteiger charge is 2.23. The van der Waals surface area contributed by atoms with Crippen LogP contribution in [0.15, 0.2) is 48.5 Å². The molecule has 0 radical (unpaired) electrons. The van der Waals surface area contributed by atoms with Gasteiger partial charge in [-0.1, -0.05) is 30.3 Å². The maximum absolute atomic E-state index is 12.6. The van der Waals surface area contributed by atoms with Crippen LogP contribution in [-0.4, -0.2) is 36.2 Å². The molecule has 0 heterocycles. The number of rotatable bonds is 8. The SMILES string of the molecule is COc1cc(C(=O)N[C@H](Cc2ccccc2)C(=O)O)ccc1OC1CCCC1. The molecule has 2 aromatic rings. The Labute approximate surface area is 164 Å². The molecule has 0 unspecified atom stereocenters. The monoisotopic (exact) mass is 383 g/mol. The van der Waals surface area contributed by atoms with E-state index in [2.05, 4.69) is 5.32 Å². The van der Waals surface area contributed by atoms with Gasteiger partial charge >= 0.3 is 5.97 Å². The van der Waals surface area contributed by atoms with Gasteiger partial charge in [0.15, 0.2) is 11.5 Å². The van der Waals surface area contributed by atoms with Gasteiger partial charge in [0.25, 0.3) is 5.91 Å². The number of carboxylic acid groups (broad SMARTS) is 1. The lowest BCUT2D eigenvalue weighted by molar-refractivity contribution is -0.139. The number of nitrogens with one attached hydrogen (secondary N) is 1. The van der Waals surface area contributed by atoms with Crippen molar-refractivity contribution in [2.24, 2.45) is 0 Å². The molecule has 1 fully saturated rings. The average Bonchev–Trinajstić information content (AvgIpc) is 3.21. The third kappa shape index (κ3) is 5.03. The maximum atomic E-state index is 12.6. The van der Waals surface area contributed by atoms with E-state index in [9.17, 15) is 14.7 Å². The normalized spacial score (nSPS) is 15.0. The summed E-state index contributed by atoms with van der Waals surface area (Å²) in [4.78, 5) is 24.2. The van der Waals surface area contributed by atoms with Crippen LogP contribution in [-0.2, 0) is 11.2 Å². The standard InChI is InChI=1S/C22H25NO5/c1-27-20-14-16(11-12-19(20)28-17-9-5-6-10-17)21(24)23-18(22(25)26)13-15-7-3-2-4-8-15/h2-4,7-8,11-12,14,17-18H,5-6,9-10,13H2,1H3,(H,23,24)(H,25,26)/t18-/m1/s1. The van der Waals surface area contributed by atoms with Crippen LogP contribution in [0.4, 0.5) is 0 Å². The summed E-state index contributed by atoms with van der Waals surface area (Å²) >= 11 is 0. The quantitative estimate of drug-likeness (QED) is 0.729. The molecule has 28 heavy (non-hydrogen) atoms. The summed E-state index contributed by atoms with van der Waals surface area (Å²) in [7, 11) is 1.52. The molecule has 0 aromatic heterocycles. The van der Waals surface area contributed by atoms with E-state index in [1.165, 1.54) is 7.11 Å². The van der Waals surface area contributed by atoms with Gasteiger partial charge in [-0.05, 0) is 49.4 Å². The van der Waals surface area contributed by atoms with Crippen LogP contribution in [0.2, 0.25) is 0 Å².